The van der Waals surface area contributed by atoms with Crippen LogP contribution in [-0.2, 0) is 0 Å². The van der Waals surface area contributed by atoms with E-state index >= 15 is 0 Å². The van der Waals surface area contributed by atoms with Crippen LogP contribution in [-0.4, -0.2) is 12.0 Å². The molecule has 0 saturated carbocycles. The standard InChI is InChI=1S/C6H5BF4N/c1-4-2-5(7(9,10)11)3-12-6(4)8/h2-3H,1H3/q-1. The summed E-state index contributed by atoms with van der Waals surface area (Å²) in [6.45, 7) is -3.82. The number of halogens is 4. The van der Waals surface area contributed by atoms with Crippen molar-refractivity contribution < 1.29 is 17.3 Å². The lowest BCUT2D eigenvalue weighted by Gasteiger charge is -2.14. The number of nitrogens with zero attached hydrogens (tertiary/aromatic N) is 1. The Bertz CT molecular complexity index is 296. The van der Waals surface area contributed by atoms with Crippen molar-refractivity contribution in [3.63, 3.8) is 0 Å². The highest BCUT2D eigenvalue weighted by Gasteiger charge is 2.26. The molecule has 0 bridgehead atoms. The van der Waals surface area contributed by atoms with E-state index in [1.807, 2.05) is 0 Å². The maximum absolute atomic E-state index is 12.4. The molecule has 0 aliphatic rings. The molecular formula is C6H5BF4N-. The Kier molecular flexibility index (Phi) is 2.08. The fraction of sp³-hybridized carbons (Fsp3) is 0.167. The summed E-state index contributed by atoms with van der Waals surface area (Å²) in [6.07, 6.45) is 0.502. The predicted octanol–water partition coefficient (Wildman–Crippen LogP) is 1.58. The van der Waals surface area contributed by atoms with Crippen molar-refractivity contribution in [3.8, 4) is 0 Å². The normalized spacial score (nSPS) is 11.8. The first kappa shape index (κ1) is 9.03. The zero-order chi connectivity index (χ0) is 9.35. The molecule has 0 aromatic carbocycles. The van der Waals surface area contributed by atoms with Crippen molar-refractivity contribution in [2.24, 2.45) is 0 Å². The summed E-state index contributed by atoms with van der Waals surface area (Å²) >= 11 is 0. The second-order valence-corrected chi connectivity index (χ2v) is 2.45. The van der Waals surface area contributed by atoms with E-state index in [0.717, 1.165) is 6.07 Å². The third kappa shape index (κ3) is 1.75. The number of pyridine rings is 1. The molecule has 0 radical (unpaired) electrons. The molecule has 0 aliphatic carbocycles. The molecule has 1 aromatic rings. The highest BCUT2D eigenvalue weighted by Crippen LogP contribution is 2.09. The third-order valence-corrected chi connectivity index (χ3v) is 1.41. The number of hydrogen-bond acceptors (Lipinski definition) is 1. The van der Waals surface area contributed by atoms with E-state index in [-0.39, 0.29) is 5.56 Å². The van der Waals surface area contributed by atoms with Gasteiger partial charge >= 0.3 is 6.98 Å². The average molecular weight is 178 g/mol. The summed E-state index contributed by atoms with van der Waals surface area (Å²) in [7, 11) is 0. The van der Waals surface area contributed by atoms with Gasteiger partial charge in [-0.3, -0.25) is 0 Å². The van der Waals surface area contributed by atoms with Crippen LogP contribution in [0.25, 0.3) is 0 Å². The molecule has 0 aliphatic heterocycles. The van der Waals surface area contributed by atoms with Gasteiger partial charge in [0.25, 0.3) is 0 Å². The predicted molar refractivity (Wildman–Crippen MR) is 37.6 cm³/mol. The third-order valence-electron chi connectivity index (χ3n) is 1.41. The maximum Gasteiger partial charge on any atom is 0.511 e. The Labute approximate surface area is 66.5 Å². The van der Waals surface area contributed by atoms with E-state index in [1.165, 1.54) is 6.92 Å². The number of rotatable bonds is 1. The Morgan fingerprint density at radius 1 is 1.33 bits per heavy atom. The minimum Gasteiger partial charge on any atom is -0.445 e. The van der Waals surface area contributed by atoms with Gasteiger partial charge in [0, 0.05) is 11.8 Å². The van der Waals surface area contributed by atoms with Gasteiger partial charge in [-0.25, -0.2) is 4.98 Å². The molecule has 0 spiro atoms. The zero-order valence-electron chi connectivity index (χ0n) is 6.19. The van der Waals surface area contributed by atoms with Crippen LogP contribution in [0, 0.1) is 12.9 Å². The molecule has 12 heavy (non-hydrogen) atoms. The van der Waals surface area contributed by atoms with Crippen molar-refractivity contribution in [2.75, 3.05) is 0 Å². The van der Waals surface area contributed by atoms with E-state index in [4.69, 9.17) is 0 Å². The molecule has 6 heteroatoms. The van der Waals surface area contributed by atoms with Crippen molar-refractivity contribution in [1.29, 1.82) is 0 Å². The van der Waals surface area contributed by atoms with Crippen molar-refractivity contribution in [1.82, 2.24) is 4.98 Å². The molecule has 1 aromatic heterocycles. The Morgan fingerprint density at radius 2 is 1.92 bits per heavy atom. The molecule has 0 atom stereocenters. The molecule has 0 amide bonds. The summed E-state index contributed by atoms with van der Waals surface area (Å²) < 4.78 is 48.4. The first-order valence-electron chi connectivity index (χ1n) is 3.23. The molecular weight excluding hydrogens is 173 g/mol. The van der Waals surface area contributed by atoms with E-state index in [2.05, 4.69) is 4.98 Å². The van der Waals surface area contributed by atoms with Gasteiger partial charge in [0.1, 0.15) is 0 Å². The fourth-order valence-electron chi connectivity index (χ4n) is 0.759. The van der Waals surface area contributed by atoms with Gasteiger partial charge in [-0.05, 0) is 6.92 Å². The summed E-state index contributed by atoms with van der Waals surface area (Å²) in [5.41, 5.74) is -0.958. The topological polar surface area (TPSA) is 12.9 Å². The molecule has 0 saturated heterocycles. The second kappa shape index (κ2) is 2.77. The Balaban J connectivity index is 3.14. The summed E-state index contributed by atoms with van der Waals surface area (Å²) in [4.78, 5) is 2.97. The SMILES string of the molecule is Cc1cc([B-](F)(F)F)cnc1F. The summed E-state index contributed by atoms with van der Waals surface area (Å²) in [5.74, 6) is -0.862. The van der Waals surface area contributed by atoms with Crippen molar-refractivity contribution in [3.05, 3.63) is 23.8 Å². The largest absolute Gasteiger partial charge is 0.511 e. The Morgan fingerprint density at radius 3 is 2.33 bits per heavy atom. The van der Waals surface area contributed by atoms with E-state index < -0.39 is 18.4 Å². The number of aromatic nitrogens is 1. The molecule has 0 unspecified atom stereocenters. The molecule has 66 valence electrons. The van der Waals surface area contributed by atoms with Crippen LogP contribution in [0.2, 0.25) is 0 Å². The lowest BCUT2D eigenvalue weighted by atomic mass is 9.81. The van der Waals surface area contributed by atoms with Gasteiger partial charge in [0.2, 0.25) is 5.95 Å². The van der Waals surface area contributed by atoms with Crippen LogP contribution in [0.3, 0.4) is 0 Å². The van der Waals surface area contributed by atoms with Crippen LogP contribution >= 0.6 is 0 Å². The monoisotopic (exact) mass is 178 g/mol. The molecule has 1 rings (SSSR count). The van der Waals surface area contributed by atoms with E-state index in [9.17, 15) is 17.3 Å². The van der Waals surface area contributed by atoms with Gasteiger partial charge in [-0.2, -0.15) is 4.39 Å². The lowest BCUT2D eigenvalue weighted by Crippen LogP contribution is -2.34. The summed E-state index contributed by atoms with van der Waals surface area (Å²) in [6, 6.07) is 0.752. The minimum atomic E-state index is -5.07. The van der Waals surface area contributed by atoms with Crippen LogP contribution in [0.5, 0.6) is 0 Å². The Hall–Kier alpha value is -1.07. The number of aryl methyl sites for hydroxylation is 1. The average Bonchev–Trinajstić information content (AvgIpc) is 1.92. The zero-order valence-corrected chi connectivity index (χ0v) is 6.19. The maximum atomic E-state index is 12.4. The highest BCUT2D eigenvalue weighted by molar-refractivity contribution is 6.73. The van der Waals surface area contributed by atoms with E-state index in [0.29, 0.717) is 6.20 Å². The van der Waals surface area contributed by atoms with Gasteiger partial charge in [0.15, 0.2) is 0 Å². The minimum absolute atomic E-state index is 0.0910. The lowest BCUT2D eigenvalue weighted by molar-refractivity contribution is 0.499. The molecule has 0 N–H and O–H groups in total. The smallest absolute Gasteiger partial charge is 0.445 e. The van der Waals surface area contributed by atoms with Crippen LogP contribution in [0.4, 0.5) is 17.3 Å². The first-order chi connectivity index (χ1) is 5.41. The quantitative estimate of drug-likeness (QED) is 0.361. The van der Waals surface area contributed by atoms with Crippen LogP contribution in [0.15, 0.2) is 12.3 Å². The van der Waals surface area contributed by atoms with Crippen molar-refractivity contribution >= 4 is 12.4 Å². The second-order valence-electron chi connectivity index (χ2n) is 2.45. The van der Waals surface area contributed by atoms with Gasteiger partial charge < -0.3 is 12.9 Å². The van der Waals surface area contributed by atoms with Crippen LogP contribution < -0.4 is 5.46 Å². The van der Waals surface area contributed by atoms with Gasteiger partial charge in [0.05, 0.1) is 0 Å². The first-order valence-corrected chi connectivity index (χ1v) is 3.23. The van der Waals surface area contributed by atoms with Gasteiger partial charge in [-0.15, -0.1) is 0 Å². The molecule has 1 heterocycles. The van der Waals surface area contributed by atoms with Gasteiger partial charge in [-0.1, -0.05) is 11.5 Å². The van der Waals surface area contributed by atoms with Crippen molar-refractivity contribution in [2.45, 2.75) is 6.92 Å². The van der Waals surface area contributed by atoms with E-state index in [1.54, 1.807) is 0 Å². The molecule has 0 fully saturated rings. The number of hydrogen-bond donors (Lipinski definition) is 0. The molecule has 1 nitrogen and oxygen atoms in total. The van der Waals surface area contributed by atoms with Crippen LogP contribution in [0.1, 0.15) is 5.56 Å². The summed E-state index contributed by atoms with van der Waals surface area (Å²) in [5, 5.41) is 0. The fourth-order valence-corrected chi connectivity index (χ4v) is 0.759. The highest BCUT2D eigenvalue weighted by atomic mass is 19.4.